The zero-order valence-electron chi connectivity index (χ0n) is 33.0. The Morgan fingerprint density at radius 3 is 1.46 bits per heavy atom. The van der Waals surface area contributed by atoms with Crippen LogP contribution >= 0.6 is 8.22 Å². The number of nitrogens with zero attached hydrogens (tertiary/aromatic N) is 6. The number of halogens is 3. The molecule has 0 aliphatic heterocycles. The lowest BCUT2D eigenvalue weighted by Crippen LogP contribution is -2.48. The van der Waals surface area contributed by atoms with E-state index >= 15 is 0 Å². The number of pyridine rings is 2. The Labute approximate surface area is 309 Å². The molecule has 0 radical (unpaired) electrons. The summed E-state index contributed by atoms with van der Waals surface area (Å²) in [5, 5.41) is 10.8. The third kappa shape index (κ3) is 11.9. The minimum Gasteiger partial charge on any atom is -0.741 e. The van der Waals surface area contributed by atoms with Crippen LogP contribution in [0.3, 0.4) is 0 Å². The number of hydrogen-bond acceptors (Lipinski definition) is 7. The van der Waals surface area contributed by atoms with E-state index in [9.17, 15) is 13.2 Å². The summed E-state index contributed by atoms with van der Waals surface area (Å²) in [4.78, 5) is 4.72. The Hall–Kier alpha value is -3.19. The highest BCUT2D eigenvalue weighted by Gasteiger charge is 2.39. The summed E-state index contributed by atoms with van der Waals surface area (Å²) in [6.07, 6.45) is 3.95. The molecule has 10 nitrogen and oxygen atoms in total. The Morgan fingerprint density at radius 2 is 1.15 bits per heavy atom. The molecule has 0 N–H and O–H groups in total. The third-order valence-corrected chi connectivity index (χ3v) is 10.1. The molecule has 0 unspecified atom stereocenters. The number of rotatable bonds is 6. The van der Waals surface area contributed by atoms with Crippen molar-refractivity contribution in [3.8, 4) is 5.82 Å². The molecule has 290 valence electrons. The second-order valence-corrected chi connectivity index (χ2v) is 19.4. The maximum absolute atomic E-state index is 10.7. The van der Waals surface area contributed by atoms with Crippen LogP contribution in [-0.2, 0) is 36.5 Å². The standard InChI is InChI=1S/C32H46N6P.C4H10O.CHF3O3S/c1-29(2,3)23-21-25(31(7,8)9)37(34-23)39(28-18-14-16-20-36(28)27-17-13-15-19-33-27)38-26(32(10,11)12)22-24(35-38)30(4,5)6;1-3-5-4-2;2-1(3,4)8(5,6)7/h13-22H,1-12H3;3-4H2,1-2H3;(H,5,6,7)/q+1;;/p-1. The molecule has 4 heterocycles. The van der Waals surface area contributed by atoms with E-state index < -0.39 is 23.8 Å². The largest absolute Gasteiger partial charge is 0.741 e. The summed E-state index contributed by atoms with van der Waals surface area (Å²) in [5.41, 5.74) is -0.401. The van der Waals surface area contributed by atoms with Gasteiger partial charge < -0.3 is 9.29 Å². The van der Waals surface area contributed by atoms with Crippen LogP contribution in [0.25, 0.3) is 5.82 Å². The summed E-state index contributed by atoms with van der Waals surface area (Å²) in [7, 11) is -7.37. The normalized spacial score (nSPS) is 13.0. The molecule has 0 aliphatic carbocycles. The zero-order valence-corrected chi connectivity index (χ0v) is 34.7. The molecule has 4 aromatic heterocycles. The number of aromatic nitrogens is 6. The van der Waals surface area contributed by atoms with E-state index in [0.29, 0.717) is 0 Å². The summed E-state index contributed by atoms with van der Waals surface area (Å²) in [6.45, 7) is 32.7. The highest BCUT2D eigenvalue weighted by molar-refractivity contribution is 7.86. The molecule has 0 atom stereocenters. The molecule has 0 spiro atoms. The Morgan fingerprint density at radius 1 is 0.731 bits per heavy atom. The van der Waals surface area contributed by atoms with Crippen molar-refractivity contribution in [3.63, 3.8) is 0 Å². The van der Waals surface area contributed by atoms with Crippen LogP contribution in [0.4, 0.5) is 13.2 Å². The fourth-order valence-corrected chi connectivity index (χ4v) is 7.18. The molecule has 0 aliphatic rings. The third-order valence-electron chi connectivity index (χ3n) is 7.45. The van der Waals surface area contributed by atoms with Crippen molar-refractivity contribution < 1.29 is 35.4 Å². The fourth-order valence-electron chi connectivity index (χ4n) is 4.56. The molecule has 0 aromatic carbocycles. The molecule has 0 amide bonds. The first-order valence-electron chi connectivity index (χ1n) is 17.1. The van der Waals surface area contributed by atoms with Gasteiger partial charge in [-0.3, -0.25) is 0 Å². The van der Waals surface area contributed by atoms with Crippen molar-refractivity contribution in [2.24, 2.45) is 0 Å². The summed E-state index contributed by atoms with van der Waals surface area (Å²) in [6, 6.07) is 17.0. The van der Waals surface area contributed by atoms with E-state index in [1.54, 1.807) is 0 Å². The Kier molecular flexibility index (Phi) is 14.6. The van der Waals surface area contributed by atoms with Gasteiger partial charge in [-0.15, -0.1) is 0 Å². The molecule has 52 heavy (non-hydrogen) atoms. The SMILES string of the molecule is CC(C)(C)c1cc(C(C)(C)C)n(P(c2cccc[n+]2-c2ccccn2)n2nc(C(C)(C)C)cc2C(C)(C)C)n1.CCOCC.O=S(=O)([O-])C(F)(F)F. The van der Waals surface area contributed by atoms with Crippen LogP contribution in [-0.4, -0.2) is 55.8 Å². The van der Waals surface area contributed by atoms with Crippen LogP contribution in [0.1, 0.15) is 120 Å². The van der Waals surface area contributed by atoms with Gasteiger partial charge in [-0.25, -0.2) is 17.3 Å². The van der Waals surface area contributed by atoms with Gasteiger partial charge in [0, 0.05) is 40.9 Å². The van der Waals surface area contributed by atoms with Gasteiger partial charge in [0.1, 0.15) is 6.20 Å². The quantitative estimate of drug-likeness (QED) is 0.0843. The molecular weight excluding hydrogens is 712 g/mol. The average Bonchev–Trinajstić information content (AvgIpc) is 3.65. The van der Waals surface area contributed by atoms with Crippen LogP contribution in [0.5, 0.6) is 0 Å². The monoisotopic (exact) mass is 768 g/mol. The van der Waals surface area contributed by atoms with Gasteiger partial charge in [0.25, 0.3) is 0 Å². The van der Waals surface area contributed by atoms with Gasteiger partial charge in [0.05, 0.1) is 29.0 Å². The Balaban J connectivity index is 0.000000614. The molecule has 0 fully saturated rings. The maximum Gasteiger partial charge on any atom is 0.485 e. The van der Waals surface area contributed by atoms with E-state index in [1.165, 1.54) is 11.4 Å². The van der Waals surface area contributed by atoms with E-state index in [4.69, 9.17) is 32.9 Å². The highest BCUT2D eigenvalue weighted by atomic mass is 32.2. The van der Waals surface area contributed by atoms with Crippen molar-refractivity contribution >= 4 is 23.8 Å². The van der Waals surface area contributed by atoms with Gasteiger partial charge >= 0.3 is 11.3 Å². The van der Waals surface area contributed by atoms with Crippen LogP contribution in [0, 0.1) is 0 Å². The van der Waals surface area contributed by atoms with E-state index in [2.05, 4.69) is 139 Å². The fraction of sp³-hybridized carbons (Fsp3) is 0.568. The second-order valence-electron chi connectivity index (χ2n) is 16.2. The van der Waals surface area contributed by atoms with Crippen LogP contribution in [0.15, 0.2) is 60.9 Å². The lowest BCUT2D eigenvalue weighted by molar-refractivity contribution is -0.580. The van der Waals surface area contributed by atoms with Crippen molar-refractivity contribution in [1.29, 1.82) is 0 Å². The van der Waals surface area contributed by atoms with E-state index in [0.717, 1.165) is 35.9 Å². The molecule has 0 bridgehead atoms. The molecule has 4 rings (SSSR count). The maximum atomic E-state index is 10.7. The molecule has 0 saturated carbocycles. The second kappa shape index (κ2) is 16.9. The highest BCUT2D eigenvalue weighted by Crippen LogP contribution is 2.46. The summed E-state index contributed by atoms with van der Waals surface area (Å²) in [5.74, 6) is 0.876. The topological polar surface area (TPSA) is 119 Å². The smallest absolute Gasteiger partial charge is 0.485 e. The first-order valence-corrected chi connectivity index (χ1v) is 19.8. The van der Waals surface area contributed by atoms with Gasteiger partial charge in [0.15, 0.2) is 15.6 Å². The van der Waals surface area contributed by atoms with Crippen molar-refractivity contribution in [1.82, 2.24) is 24.1 Å². The molecular formula is C37H56F3N6O4PS. The molecule has 0 saturated heterocycles. The zero-order chi connectivity index (χ0) is 40.1. The van der Waals surface area contributed by atoms with Crippen molar-refractivity contribution in [3.05, 3.63) is 83.7 Å². The van der Waals surface area contributed by atoms with Gasteiger partial charge in [-0.05, 0) is 49.2 Å². The van der Waals surface area contributed by atoms with Gasteiger partial charge in [-0.2, -0.15) is 27.9 Å². The summed E-state index contributed by atoms with van der Waals surface area (Å²) < 4.78 is 70.5. The van der Waals surface area contributed by atoms with Crippen LogP contribution in [0.2, 0.25) is 0 Å². The average molecular weight is 769 g/mol. The van der Waals surface area contributed by atoms with Crippen molar-refractivity contribution in [2.45, 2.75) is 124 Å². The summed E-state index contributed by atoms with van der Waals surface area (Å²) >= 11 is 0. The van der Waals surface area contributed by atoms with Crippen molar-refractivity contribution in [2.75, 3.05) is 13.2 Å². The predicted molar refractivity (Wildman–Crippen MR) is 200 cm³/mol. The molecule has 4 aromatic rings. The number of ether oxygens (including phenoxy) is 1. The lowest BCUT2D eigenvalue weighted by atomic mass is 9.88. The predicted octanol–water partition coefficient (Wildman–Crippen LogP) is 8.07. The molecule has 15 heteroatoms. The Bertz CT molecular complexity index is 1780. The lowest BCUT2D eigenvalue weighted by Gasteiger charge is -2.29. The van der Waals surface area contributed by atoms with E-state index in [1.807, 2.05) is 32.2 Å². The number of alkyl halides is 3. The van der Waals surface area contributed by atoms with Gasteiger partial charge in [-0.1, -0.05) is 95.2 Å². The van der Waals surface area contributed by atoms with E-state index in [-0.39, 0.29) is 21.7 Å². The first kappa shape index (κ1) is 45.0. The first-order chi connectivity index (χ1) is 23.6. The number of hydrogen-bond donors (Lipinski definition) is 0. The van der Waals surface area contributed by atoms with Crippen LogP contribution < -0.4 is 10.0 Å². The van der Waals surface area contributed by atoms with Gasteiger partial charge in [0.2, 0.25) is 8.22 Å². The minimum atomic E-state index is -6.09. The minimum absolute atomic E-state index is 0.0898.